The first-order valence-corrected chi connectivity index (χ1v) is 3.26. The Morgan fingerprint density at radius 1 is 1.91 bits per heavy atom. The number of hydrogen-bond acceptors (Lipinski definition) is 4. The SMILES string of the molecule is C#CCO/N=C1/CN=CNC1. The third-order valence-electron chi connectivity index (χ3n) is 1.10. The highest BCUT2D eigenvalue weighted by Crippen LogP contribution is 1.85. The number of nitrogens with zero attached hydrogens (tertiary/aromatic N) is 2. The van der Waals surface area contributed by atoms with Gasteiger partial charge in [0.1, 0.15) is 0 Å². The molecule has 0 spiro atoms. The second kappa shape index (κ2) is 4.34. The summed E-state index contributed by atoms with van der Waals surface area (Å²) in [6, 6.07) is 0. The molecule has 11 heavy (non-hydrogen) atoms. The minimum atomic E-state index is 0.215. The van der Waals surface area contributed by atoms with Gasteiger partial charge < -0.3 is 10.2 Å². The largest absolute Gasteiger partial charge is 0.383 e. The van der Waals surface area contributed by atoms with Gasteiger partial charge in [0.25, 0.3) is 0 Å². The van der Waals surface area contributed by atoms with E-state index in [1.54, 1.807) is 6.34 Å². The van der Waals surface area contributed by atoms with Crippen LogP contribution in [0.2, 0.25) is 0 Å². The zero-order valence-corrected chi connectivity index (χ0v) is 6.08. The number of nitrogens with one attached hydrogen (secondary N) is 1. The van der Waals surface area contributed by atoms with Crippen LogP contribution in [0.15, 0.2) is 10.1 Å². The summed E-state index contributed by atoms with van der Waals surface area (Å²) in [4.78, 5) is 8.70. The summed E-state index contributed by atoms with van der Waals surface area (Å²) in [7, 11) is 0. The van der Waals surface area contributed by atoms with Crippen molar-refractivity contribution < 1.29 is 4.84 Å². The predicted octanol–water partition coefficient (Wildman–Crippen LogP) is -0.376. The van der Waals surface area contributed by atoms with E-state index in [1.807, 2.05) is 0 Å². The van der Waals surface area contributed by atoms with E-state index >= 15 is 0 Å². The van der Waals surface area contributed by atoms with Crippen molar-refractivity contribution in [2.24, 2.45) is 10.1 Å². The van der Waals surface area contributed by atoms with Gasteiger partial charge in [-0.3, -0.25) is 4.99 Å². The molecule has 1 aliphatic rings. The van der Waals surface area contributed by atoms with Gasteiger partial charge >= 0.3 is 0 Å². The molecule has 1 aliphatic heterocycles. The molecule has 4 heteroatoms. The van der Waals surface area contributed by atoms with Crippen molar-refractivity contribution >= 4 is 12.1 Å². The third kappa shape index (κ3) is 2.72. The molecule has 0 atom stereocenters. The van der Waals surface area contributed by atoms with Crippen molar-refractivity contribution in [3.8, 4) is 12.3 Å². The Morgan fingerprint density at radius 2 is 2.82 bits per heavy atom. The molecule has 0 amide bonds. The fourth-order valence-electron chi connectivity index (χ4n) is 0.657. The fourth-order valence-corrected chi connectivity index (χ4v) is 0.657. The molecule has 0 aromatic heterocycles. The lowest BCUT2D eigenvalue weighted by Crippen LogP contribution is -2.28. The number of hydrogen-bond donors (Lipinski definition) is 1. The van der Waals surface area contributed by atoms with Gasteiger partial charge in [0.2, 0.25) is 0 Å². The van der Waals surface area contributed by atoms with Gasteiger partial charge in [0.05, 0.1) is 25.1 Å². The van der Waals surface area contributed by atoms with Gasteiger partial charge in [-0.05, 0) is 0 Å². The first kappa shape index (κ1) is 7.61. The lowest BCUT2D eigenvalue weighted by atomic mass is 10.3. The van der Waals surface area contributed by atoms with E-state index in [-0.39, 0.29) is 6.61 Å². The first-order chi connectivity index (χ1) is 5.43. The smallest absolute Gasteiger partial charge is 0.177 e. The first-order valence-electron chi connectivity index (χ1n) is 3.26. The van der Waals surface area contributed by atoms with E-state index in [4.69, 9.17) is 11.3 Å². The maximum Gasteiger partial charge on any atom is 0.177 e. The van der Waals surface area contributed by atoms with Gasteiger partial charge in [-0.2, -0.15) is 0 Å². The quantitative estimate of drug-likeness (QED) is 0.332. The Balaban J connectivity index is 2.29. The van der Waals surface area contributed by atoms with Crippen LogP contribution >= 0.6 is 0 Å². The molecule has 58 valence electrons. The molecular weight excluding hydrogens is 142 g/mol. The number of oxime groups is 1. The van der Waals surface area contributed by atoms with Crippen LogP contribution < -0.4 is 5.32 Å². The van der Waals surface area contributed by atoms with Gasteiger partial charge in [0.15, 0.2) is 6.61 Å². The number of rotatable bonds is 2. The topological polar surface area (TPSA) is 46.0 Å². The molecule has 0 aromatic carbocycles. The van der Waals surface area contributed by atoms with Crippen LogP contribution in [-0.2, 0) is 4.84 Å². The Hall–Kier alpha value is -1.50. The maximum absolute atomic E-state index is 4.95. The number of terminal acetylenes is 1. The van der Waals surface area contributed by atoms with Crippen molar-refractivity contribution in [1.29, 1.82) is 0 Å². The highest BCUT2D eigenvalue weighted by Gasteiger charge is 2.00. The summed E-state index contributed by atoms with van der Waals surface area (Å²) in [5, 5.41) is 6.68. The van der Waals surface area contributed by atoms with Gasteiger partial charge in [-0.25, -0.2) is 0 Å². The summed E-state index contributed by atoms with van der Waals surface area (Å²) in [6.07, 6.45) is 6.61. The summed E-state index contributed by atoms with van der Waals surface area (Å²) in [5.41, 5.74) is 0.864. The Labute approximate surface area is 65.3 Å². The molecule has 1 heterocycles. The van der Waals surface area contributed by atoms with E-state index < -0.39 is 0 Å². The molecule has 0 saturated carbocycles. The van der Waals surface area contributed by atoms with Crippen LogP contribution in [0.25, 0.3) is 0 Å². The minimum Gasteiger partial charge on any atom is -0.383 e. The highest BCUT2D eigenvalue weighted by molar-refractivity contribution is 5.92. The van der Waals surface area contributed by atoms with Gasteiger partial charge in [-0.1, -0.05) is 11.1 Å². The Morgan fingerprint density at radius 3 is 3.45 bits per heavy atom. The van der Waals surface area contributed by atoms with Crippen molar-refractivity contribution in [1.82, 2.24) is 5.32 Å². The van der Waals surface area contributed by atoms with E-state index in [0.29, 0.717) is 13.1 Å². The minimum absolute atomic E-state index is 0.215. The second-order valence-corrected chi connectivity index (χ2v) is 1.99. The van der Waals surface area contributed by atoms with Crippen LogP contribution in [0, 0.1) is 12.3 Å². The highest BCUT2D eigenvalue weighted by atomic mass is 16.6. The lowest BCUT2D eigenvalue weighted by molar-refractivity contribution is 0.179. The molecule has 0 fully saturated rings. The fraction of sp³-hybridized carbons (Fsp3) is 0.429. The van der Waals surface area contributed by atoms with Crippen LogP contribution in [0.5, 0.6) is 0 Å². The monoisotopic (exact) mass is 151 g/mol. The molecule has 0 unspecified atom stereocenters. The average molecular weight is 151 g/mol. The summed E-state index contributed by atoms with van der Waals surface area (Å²) in [6.45, 7) is 1.50. The molecular formula is C7H9N3O. The molecule has 0 saturated heterocycles. The second-order valence-electron chi connectivity index (χ2n) is 1.99. The van der Waals surface area contributed by atoms with Crippen molar-refractivity contribution in [3.63, 3.8) is 0 Å². The predicted molar refractivity (Wildman–Crippen MR) is 43.6 cm³/mol. The van der Waals surface area contributed by atoms with E-state index in [1.165, 1.54) is 0 Å². The zero-order valence-electron chi connectivity index (χ0n) is 6.08. The average Bonchev–Trinajstić information content (AvgIpc) is 2.07. The molecule has 0 aliphatic carbocycles. The number of aliphatic imine (C=N–C) groups is 1. The molecule has 0 bridgehead atoms. The van der Waals surface area contributed by atoms with Crippen molar-refractivity contribution in [2.45, 2.75) is 0 Å². The molecule has 1 rings (SSSR count). The van der Waals surface area contributed by atoms with Crippen LogP contribution in [0.1, 0.15) is 0 Å². The molecule has 0 aromatic rings. The van der Waals surface area contributed by atoms with Gasteiger partial charge in [-0.15, -0.1) is 6.42 Å². The summed E-state index contributed by atoms with van der Waals surface area (Å²) < 4.78 is 0. The Kier molecular flexibility index (Phi) is 3.00. The molecule has 1 N–H and O–H groups in total. The van der Waals surface area contributed by atoms with E-state index in [0.717, 1.165) is 5.71 Å². The zero-order chi connectivity index (χ0) is 7.94. The van der Waals surface area contributed by atoms with Crippen LogP contribution in [0.4, 0.5) is 0 Å². The molecule has 0 radical (unpaired) electrons. The summed E-state index contributed by atoms with van der Waals surface area (Å²) >= 11 is 0. The van der Waals surface area contributed by atoms with E-state index in [2.05, 4.69) is 21.4 Å². The van der Waals surface area contributed by atoms with Crippen LogP contribution in [0.3, 0.4) is 0 Å². The van der Waals surface area contributed by atoms with E-state index in [9.17, 15) is 0 Å². The Bertz CT molecular complexity index is 214. The van der Waals surface area contributed by atoms with Gasteiger partial charge in [0, 0.05) is 0 Å². The van der Waals surface area contributed by atoms with Crippen LogP contribution in [-0.4, -0.2) is 31.7 Å². The normalized spacial score (nSPS) is 19.0. The maximum atomic E-state index is 4.95. The standard InChI is InChI=1S/C7H9N3O/c1-2-3-11-10-7-4-8-6-9-5-7/h1,6H,3-5H2,(H,8,9). The van der Waals surface area contributed by atoms with Crippen molar-refractivity contribution in [3.05, 3.63) is 0 Å². The lowest BCUT2D eigenvalue weighted by Gasteiger charge is -2.07. The third-order valence-corrected chi connectivity index (χ3v) is 1.10. The van der Waals surface area contributed by atoms with Crippen molar-refractivity contribution in [2.75, 3.05) is 19.7 Å². The molecule has 4 nitrogen and oxygen atoms in total. The summed E-state index contributed by atoms with van der Waals surface area (Å²) in [5.74, 6) is 2.32.